The summed E-state index contributed by atoms with van der Waals surface area (Å²) in [6, 6.07) is 7.97. The fourth-order valence-corrected chi connectivity index (χ4v) is 3.22. The lowest BCUT2D eigenvalue weighted by molar-refractivity contribution is 0.354. The summed E-state index contributed by atoms with van der Waals surface area (Å²) in [7, 11) is 0. The zero-order chi connectivity index (χ0) is 18.4. The summed E-state index contributed by atoms with van der Waals surface area (Å²) in [6.07, 6.45) is 7.60. The Kier molecular flexibility index (Phi) is 5.88. The highest BCUT2D eigenvalue weighted by atomic mass is 16.4. The normalized spacial score (nSPS) is 16.2. The van der Waals surface area contributed by atoms with E-state index in [-0.39, 0.29) is 11.0 Å². The van der Waals surface area contributed by atoms with Crippen molar-refractivity contribution in [3.05, 3.63) is 46.8 Å². The Hall–Kier alpha value is -2.72. The van der Waals surface area contributed by atoms with Gasteiger partial charge in [-0.1, -0.05) is 26.0 Å². The summed E-state index contributed by atoms with van der Waals surface area (Å²) < 4.78 is 5.88. The van der Waals surface area contributed by atoms with Gasteiger partial charge in [-0.3, -0.25) is 0 Å². The lowest BCUT2D eigenvalue weighted by Crippen LogP contribution is -2.20. The summed E-state index contributed by atoms with van der Waals surface area (Å²) in [5, 5.41) is 18.3. The van der Waals surface area contributed by atoms with Gasteiger partial charge in [0.25, 0.3) is 0 Å². The van der Waals surface area contributed by atoms with Crippen LogP contribution in [0.5, 0.6) is 0 Å². The van der Waals surface area contributed by atoms with Crippen LogP contribution in [0, 0.1) is 28.1 Å². The third kappa shape index (κ3) is 4.64. The first kappa shape index (κ1) is 18.6. The third-order valence-electron chi connectivity index (χ3n) is 4.41. The summed E-state index contributed by atoms with van der Waals surface area (Å²) in [6.45, 7) is 10.3. The molecule has 0 spiro atoms. The maximum Gasteiger partial charge on any atom is 0.196 e. The van der Waals surface area contributed by atoms with Gasteiger partial charge in [-0.2, -0.15) is 10.5 Å². The van der Waals surface area contributed by atoms with Crippen LogP contribution in [0.3, 0.4) is 0 Å². The second-order valence-corrected chi connectivity index (χ2v) is 7.04. The van der Waals surface area contributed by atoms with Crippen LogP contribution in [0.25, 0.3) is 6.08 Å². The predicted molar refractivity (Wildman–Crippen MR) is 101 cm³/mol. The first-order valence-corrected chi connectivity index (χ1v) is 8.69. The highest BCUT2D eigenvalue weighted by Gasteiger charge is 2.26. The average molecular weight is 335 g/mol. The molecule has 0 aliphatic heterocycles. The van der Waals surface area contributed by atoms with Crippen LogP contribution < -0.4 is 4.90 Å². The molecule has 0 aromatic carbocycles. The van der Waals surface area contributed by atoms with E-state index in [0.29, 0.717) is 0 Å². The van der Waals surface area contributed by atoms with E-state index in [4.69, 9.17) is 14.9 Å². The number of rotatable bonds is 5. The van der Waals surface area contributed by atoms with Crippen LogP contribution in [-0.2, 0) is 0 Å². The lowest BCUT2D eigenvalue weighted by Gasteiger charge is -2.30. The Morgan fingerprint density at radius 3 is 2.44 bits per heavy atom. The van der Waals surface area contributed by atoms with E-state index < -0.39 is 0 Å². The minimum Gasteiger partial charge on any atom is -0.441 e. The molecule has 0 unspecified atom stereocenters. The summed E-state index contributed by atoms with van der Waals surface area (Å²) >= 11 is 0. The molecule has 0 saturated heterocycles. The molecular formula is C21H25N3O. The number of anilines is 1. The van der Waals surface area contributed by atoms with E-state index >= 15 is 0 Å². The Labute approximate surface area is 150 Å². The van der Waals surface area contributed by atoms with Gasteiger partial charge in [0.2, 0.25) is 0 Å². The molecule has 0 bridgehead atoms. The third-order valence-corrected chi connectivity index (χ3v) is 4.41. The van der Waals surface area contributed by atoms with Gasteiger partial charge in [-0.25, -0.2) is 0 Å². The predicted octanol–water partition coefficient (Wildman–Crippen LogP) is 5.23. The largest absolute Gasteiger partial charge is 0.441 e. The second kappa shape index (κ2) is 7.90. The van der Waals surface area contributed by atoms with Crippen molar-refractivity contribution < 1.29 is 4.42 Å². The van der Waals surface area contributed by atoms with Crippen molar-refractivity contribution >= 4 is 12.0 Å². The van der Waals surface area contributed by atoms with Crippen LogP contribution in [-0.4, -0.2) is 13.1 Å². The molecule has 25 heavy (non-hydrogen) atoms. The quantitative estimate of drug-likeness (QED) is 0.691. The smallest absolute Gasteiger partial charge is 0.196 e. The molecule has 1 aromatic rings. The highest BCUT2D eigenvalue weighted by molar-refractivity contribution is 5.55. The first-order chi connectivity index (χ1) is 11.9. The fraction of sp³-hybridized carbons (Fsp3) is 0.429. The van der Waals surface area contributed by atoms with Crippen LogP contribution in [0.2, 0.25) is 0 Å². The van der Waals surface area contributed by atoms with E-state index in [1.165, 1.54) is 0 Å². The molecule has 2 rings (SSSR count). The minimum atomic E-state index is 0.0260. The van der Waals surface area contributed by atoms with Crippen molar-refractivity contribution in [2.45, 2.75) is 40.5 Å². The van der Waals surface area contributed by atoms with Gasteiger partial charge in [0.1, 0.15) is 23.5 Å². The van der Waals surface area contributed by atoms with Gasteiger partial charge in [0.05, 0.1) is 0 Å². The Morgan fingerprint density at radius 2 is 1.84 bits per heavy atom. The number of hydrogen-bond acceptors (Lipinski definition) is 4. The molecule has 4 heteroatoms. The fourth-order valence-electron chi connectivity index (χ4n) is 3.22. The monoisotopic (exact) mass is 335 g/mol. The van der Waals surface area contributed by atoms with Crippen LogP contribution in [0.15, 0.2) is 45.4 Å². The number of nitrogens with zero attached hydrogens (tertiary/aromatic N) is 3. The van der Waals surface area contributed by atoms with Crippen LogP contribution in [0.4, 0.5) is 5.88 Å². The van der Waals surface area contributed by atoms with Crippen LogP contribution in [0.1, 0.15) is 46.3 Å². The van der Waals surface area contributed by atoms with Crippen molar-refractivity contribution in [1.29, 1.82) is 10.5 Å². The number of hydrogen-bond donors (Lipinski definition) is 0. The van der Waals surface area contributed by atoms with E-state index in [0.717, 1.165) is 48.7 Å². The van der Waals surface area contributed by atoms with Gasteiger partial charge in [0, 0.05) is 19.2 Å². The summed E-state index contributed by atoms with van der Waals surface area (Å²) in [4.78, 5) is 2.16. The SMILES string of the molecule is CCN(CC)c1ccc(/C=C/C2=CC(=C(C#N)C#N)CC(C)(C)C2)o1. The molecule has 130 valence electrons. The standard InChI is InChI=1S/C21H25N3O/c1-5-24(6-2)20-10-9-19(25-20)8-7-16-11-17(18(14-22)15-23)13-21(3,4)12-16/h7-11H,5-6,12-13H2,1-4H3/b8-7+. The van der Waals surface area contributed by atoms with Crippen molar-refractivity contribution in [3.63, 3.8) is 0 Å². The Morgan fingerprint density at radius 1 is 1.16 bits per heavy atom. The van der Waals surface area contributed by atoms with Gasteiger partial charge in [0.15, 0.2) is 5.88 Å². The molecule has 1 aliphatic carbocycles. The Bertz CT molecular complexity index is 774. The molecule has 0 N–H and O–H groups in total. The molecule has 0 radical (unpaired) electrons. The molecule has 0 atom stereocenters. The molecule has 0 fully saturated rings. The molecule has 0 amide bonds. The molecule has 1 heterocycles. The molecule has 4 nitrogen and oxygen atoms in total. The van der Waals surface area contributed by atoms with Crippen molar-refractivity contribution in [1.82, 2.24) is 0 Å². The van der Waals surface area contributed by atoms with Gasteiger partial charge in [-0.05, 0) is 55.4 Å². The number of nitriles is 2. The summed E-state index contributed by atoms with van der Waals surface area (Å²) in [5.74, 6) is 1.68. The van der Waals surface area contributed by atoms with Crippen molar-refractivity contribution in [2.75, 3.05) is 18.0 Å². The topological polar surface area (TPSA) is 64.0 Å². The Balaban J connectivity index is 2.26. The van der Waals surface area contributed by atoms with Crippen molar-refractivity contribution in [2.24, 2.45) is 5.41 Å². The zero-order valence-electron chi connectivity index (χ0n) is 15.5. The summed E-state index contributed by atoms with van der Waals surface area (Å²) in [5.41, 5.74) is 2.16. The van der Waals surface area contributed by atoms with E-state index in [1.807, 2.05) is 42.5 Å². The van der Waals surface area contributed by atoms with E-state index in [2.05, 4.69) is 32.6 Å². The minimum absolute atomic E-state index is 0.0260. The maximum atomic E-state index is 9.15. The molecule has 1 aliphatic rings. The molecular weight excluding hydrogens is 310 g/mol. The highest BCUT2D eigenvalue weighted by Crippen LogP contribution is 2.39. The van der Waals surface area contributed by atoms with Crippen molar-refractivity contribution in [3.8, 4) is 12.1 Å². The number of furan rings is 1. The van der Waals surface area contributed by atoms with Crippen LogP contribution >= 0.6 is 0 Å². The lowest BCUT2D eigenvalue weighted by atomic mass is 9.74. The van der Waals surface area contributed by atoms with Gasteiger partial charge < -0.3 is 9.32 Å². The average Bonchev–Trinajstić information content (AvgIpc) is 3.03. The second-order valence-electron chi connectivity index (χ2n) is 7.04. The van der Waals surface area contributed by atoms with Gasteiger partial charge >= 0.3 is 0 Å². The number of allylic oxidation sites excluding steroid dienone is 5. The van der Waals surface area contributed by atoms with Gasteiger partial charge in [-0.15, -0.1) is 0 Å². The molecule has 0 saturated carbocycles. The van der Waals surface area contributed by atoms with E-state index in [9.17, 15) is 0 Å². The molecule has 1 aromatic heterocycles. The van der Waals surface area contributed by atoms with E-state index in [1.54, 1.807) is 0 Å². The first-order valence-electron chi connectivity index (χ1n) is 8.69. The maximum absolute atomic E-state index is 9.15. The zero-order valence-corrected chi connectivity index (χ0v) is 15.5.